The van der Waals surface area contributed by atoms with Crippen LogP contribution in [0.5, 0.6) is 11.5 Å². The van der Waals surface area contributed by atoms with Crippen molar-refractivity contribution in [3.05, 3.63) is 22.7 Å². The van der Waals surface area contributed by atoms with Crippen LogP contribution in [0.25, 0.3) is 0 Å². The Kier molecular flexibility index (Phi) is 6.88. The lowest BCUT2D eigenvalue weighted by atomic mass is 10.2. The number of rotatable bonds is 6. The SMILES string of the molecule is CCOc1cc(/C=N/NC(=S)NC[C@@H]2CCCO2)cc(Cl)c1O. The molecule has 6 nitrogen and oxygen atoms in total. The summed E-state index contributed by atoms with van der Waals surface area (Å²) < 4.78 is 10.8. The number of hydrazone groups is 1. The Hall–Kier alpha value is -1.57. The van der Waals surface area contributed by atoms with Gasteiger partial charge in [0.1, 0.15) is 0 Å². The second kappa shape index (κ2) is 8.90. The molecule has 0 bridgehead atoms. The van der Waals surface area contributed by atoms with Crippen LogP contribution in [-0.4, -0.2) is 42.3 Å². The molecule has 1 saturated heterocycles. The number of aromatic hydroxyl groups is 1. The van der Waals surface area contributed by atoms with Gasteiger partial charge in [-0.15, -0.1) is 0 Å². The smallest absolute Gasteiger partial charge is 0.187 e. The first-order chi connectivity index (χ1) is 11.1. The molecule has 1 aliphatic heterocycles. The number of phenolic OH excluding ortho intramolecular Hbond substituents is 1. The molecule has 0 amide bonds. The van der Waals surface area contributed by atoms with Crippen LogP contribution in [0, 0.1) is 0 Å². The molecule has 0 spiro atoms. The van der Waals surface area contributed by atoms with Gasteiger partial charge < -0.3 is 19.9 Å². The first-order valence-electron chi connectivity index (χ1n) is 7.44. The number of halogens is 1. The zero-order chi connectivity index (χ0) is 16.7. The minimum absolute atomic E-state index is 0.0765. The molecule has 23 heavy (non-hydrogen) atoms. The monoisotopic (exact) mass is 357 g/mol. The van der Waals surface area contributed by atoms with Gasteiger partial charge in [0.2, 0.25) is 0 Å². The van der Waals surface area contributed by atoms with Gasteiger partial charge in [-0.05, 0) is 49.7 Å². The van der Waals surface area contributed by atoms with E-state index in [0.717, 1.165) is 19.4 Å². The maximum atomic E-state index is 9.78. The molecule has 1 aromatic rings. The van der Waals surface area contributed by atoms with E-state index in [1.165, 1.54) is 0 Å². The van der Waals surface area contributed by atoms with Crippen molar-refractivity contribution in [1.82, 2.24) is 10.7 Å². The fourth-order valence-corrected chi connectivity index (χ4v) is 2.51. The predicted octanol–water partition coefficient (Wildman–Crippen LogP) is 2.42. The van der Waals surface area contributed by atoms with E-state index >= 15 is 0 Å². The zero-order valence-electron chi connectivity index (χ0n) is 12.8. The quantitative estimate of drug-likeness (QED) is 0.412. The standard InChI is InChI=1S/C15H20ClN3O3S/c1-2-21-13-7-10(6-12(16)14(13)20)8-18-19-15(23)17-9-11-4-3-5-22-11/h6-8,11,20H,2-5,9H2,1H3,(H2,17,19,23)/b18-8+/t11-/m0/s1. The number of benzene rings is 1. The summed E-state index contributed by atoms with van der Waals surface area (Å²) in [5, 5.41) is 17.5. The lowest BCUT2D eigenvalue weighted by Gasteiger charge is -2.11. The molecule has 1 heterocycles. The Balaban J connectivity index is 1.85. The molecule has 8 heteroatoms. The Bertz CT molecular complexity index is 577. The molecule has 2 rings (SSSR count). The summed E-state index contributed by atoms with van der Waals surface area (Å²) in [4.78, 5) is 0. The van der Waals surface area contributed by atoms with Gasteiger partial charge in [-0.3, -0.25) is 5.43 Å². The Morgan fingerprint density at radius 2 is 2.43 bits per heavy atom. The molecule has 1 aliphatic rings. The summed E-state index contributed by atoms with van der Waals surface area (Å²) >= 11 is 11.1. The highest BCUT2D eigenvalue weighted by Gasteiger charge is 2.15. The molecule has 1 fully saturated rings. The Morgan fingerprint density at radius 1 is 1.61 bits per heavy atom. The van der Waals surface area contributed by atoms with Gasteiger partial charge in [-0.25, -0.2) is 0 Å². The van der Waals surface area contributed by atoms with Crippen molar-refractivity contribution >= 4 is 35.1 Å². The van der Waals surface area contributed by atoms with Gasteiger partial charge in [-0.1, -0.05) is 11.6 Å². The largest absolute Gasteiger partial charge is 0.503 e. The third kappa shape index (κ3) is 5.53. The predicted molar refractivity (Wildman–Crippen MR) is 94.6 cm³/mol. The third-order valence-corrected chi connectivity index (χ3v) is 3.77. The van der Waals surface area contributed by atoms with E-state index in [-0.39, 0.29) is 16.9 Å². The average molecular weight is 358 g/mol. The molecule has 0 unspecified atom stereocenters. The van der Waals surface area contributed by atoms with Gasteiger partial charge >= 0.3 is 0 Å². The molecule has 3 N–H and O–H groups in total. The normalized spacial score (nSPS) is 17.4. The van der Waals surface area contributed by atoms with Crippen molar-refractivity contribution in [3.8, 4) is 11.5 Å². The highest BCUT2D eigenvalue weighted by molar-refractivity contribution is 7.80. The molecule has 1 atom stereocenters. The molecular weight excluding hydrogens is 338 g/mol. The number of nitrogens with zero attached hydrogens (tertiary/aromatic N) is 1. The summed E-state index contributed by atoms with van der Waals surface area (Å²) in [5.41, 5.74) is 3.41. The molecular formula is C15H20ClN3O3S. The van der Waals surface area contributed by atoms with Crippen molar-refractivity contribution < 1.29 is 14.6 Å². The van der Waals surface area contributed by atoms with Crippen molar-refractivity contribution in [2.24, 2.45) is 5.10 Å². The van der Waals surface area contributed by atoms with Crippen LogP contribution in [0.4, 0.5) is 0 Å². The van der Waals surface area contributed by atoms with Crippen LogP contribution in [0.1, 0.15) is 25.3 Å². The minimum atomic E-state index is -0.0765. The van der Waals surface area contributed by atoms with E-state index in [1.54, 1.807) is 18.3 Å². The number of ether oxygens (including phenoxy) is 2. The maximum absolute atomic E-state index is 9.78. The van der Waals surface area contributed by atoms with Gasteiger partial charge in [0.05, 0.1) is 23.9 Å². The highest BCUT2D eigenvalue weighted by atomic mass is 35.5. The molecule has 0 aromatic heterocycles. The van der Waals surface area contributed by atoms with Gasteiger partial charge in [0.15, 0.2) is 16.6 Å². The lowest BCUT2D eigenvalue weighted by molar-refractivity contribution is 0.114. The topological polar surface area (TPSA) is 75.1 Å². The van der Waals surface area contributed by atoms with Crippen molar-refractivity contribution in [2.75, 3.05) is 19.8 Å². The number of phenols is 1. The van der Waals surface area contributed by atoms with Crippen LogP contribution in [0.15, 0.2) is 17.2 Å². The van der Waals surface area contributed by atoms with E-state index in [9.17, 15) is 5.11 Å². The fraction of sp³-hybridized carbons (Fsp3) is 0.467. The lowest BCUT2D eigenvalue weighted by Crippen LogP contribution is -2.37. The number of thiocarbonyl (C=S) groups is 1. The van der Waals surface area contributed by atoms with E-state index in [0.29, 0.717) is 29.6 Å². The molecule has 1 aromatic carbocycles. The van der Waals surface area contributed by atoms with Crippen LogP contribution in [0.2, 0.25) is 5.02 Å². The fourth-order valence-electron chi connectivity index (χ4n) is 2.15. The van der Waals surface area contributed by atoms with Gasteiger partial charge in [0, 0.05) is 13.2 Å². The Labute approximate surface area is 145 Å². The highest BCUT2D eigenvalue weighted by Crippen LogP contribution is 2.34. The van der Waals surface area contributed by atoms with Gasteiger partial charge in [0.25, 0.3) is 0 Å². The summed E-state index contributed by atoms with van der Waals surface area (Å²) in [6.45, 7) is 3.74. The molecule has 0 aliphatic carbocycles. The van der Waals surface area contributed by atoms with Crippen LogP contribution in [0.3, 0.4) is 0 Å². The van der Waals surface area contributed by atoms with E-state index < -0.39 is 0 Å². The molecule has 126 valence electrons. The van der Waals surface area contributed by atoms with Crippen molar-refractivity contribution in [3.63, 3.8) is 0 Å². The van der Waals surface area contributed by atoms with Crippen molar-refractivity contribution in [1.29, 1.82) is 0 Å². The third-order valence-electron chi connectivity index (χ3n) is 3.24. The second-order valence-electron chi connectivity index (χ2n) is 5.00. The van der Waals surface area contributed by atoms with Crippen molar-refractivity contribution in [2.45, 2.75) is 25.9 Å². The van der Waals surface area contributed by atoms with E-state index in [2.05, 4.69) is 15.8 Å². The summed E-state index contributed by atoms with van der Waals surface area (Å²) in [6, 6.07) is 3.24. The molecule has 0 radical (unpaired) electrons. The first kappa shape index (κ1) is 17.8. The second-order valence-corrected chi connectivity index (χ2v) is 5.81. The van der Waals surface area contributed by atoms with E-state index in [4.69, 9.17) is 33.3 Å². The summed E-state index contributed by atoms with van der Waals surface area (Å²) in [5.74, 6) is 0.243. The van der Waals surface area contributed by atoms with Crippen LogP contribution in [-0.2, 0) is 4.74 Å². The number of hydrogen-bond acceptors (Lipinski definition) is 5. The molecule has 0 saturated carbocycles. The summed E-state index contributed by atoms with van der Waals surface area (Å²) in [7, 11) is 0. The minimum Gasteiger partial charge on any atom is -0.503 e. The van der Waals surface area contributed by atoms with Crippen LogP contribution >= 0.6 is 23.8 Å². The first-order valence-corrected chi connectivity index (χ1v) is 8.22. The number of hydrogen-bond donors (Lipinski definition) is 3. The van der Waals surface area contributed by atoms with Gasteiger partial charge in [-0.2, -0.15) is 5.10 Å². The average Bonchev–Trinajstić information content (AvgIpc) is 3.04. The zero-order valence-corrected chi connectivity index (χ0v) is 14.4. The van der Waals surface area contributed by atoms with Crippen LogP contribution < -0.4 is 15.5 Å². The maximum Gasteiger partial charge on any atom is 0.187 e. The number of nitrogens with one attached hydrogen (secondary N) is 2. The Morgan fingerprint density at radius 3 is 3.13 bits per heavy atom. The summed E-state index contributed by atoms with van der Waals surface area (Å²) in [6.07, 6.45) is 3.90. The van der Waals surface area contributed by atoms with E-state index in [1.807, 2.05) is 6.92 Å².